The van der Waals surface area contributed by atoms with Crippen LogP contribution >= 0.6 is 11.3 Å². The molecular weight excluding hydrogens is 794 g/mol. The number of carbonyl (C=O) groups is 3. The van der Waals surface area contributed by atoms with E-state index in [1.807, 2.05) is 18.2 Å². The minimum atomic E-state index is -5.19. The van der Waals surface area contributed by atoms with Gasteiger partial charge in [-0.25, -0.2) is 4.79 Å². The Morgan fingerprint density at radius 2 is 1.61 bits per heavy atom. The van der Waals surface area contributed by atoms with E-state index < -0.39 is 46.3 Å². The van der Waals surface area contributed by atoms with Gasteiger partial charge in [0, 0.05) is 16.1 Å². The van der Waals surface area contributed by atoms with E-state index in [0.29, 0.717) is 41.2 Å². The van der Waals surface area contributed by atoms with Crippen molar-refractivity contribution < 1.29 is 64.3 Å². The fourth-order valence-electron chi connectivity index (χ4n) is 6.26. The number of nitrogens with zero attached hydrogens (tertiary/aromatic N) is 2. The summed E-state index contributed by atoms with van der Waals surface area (Å²) in [6.45, 7) is 3.77. The third kappa shape index (κ3) is 12.3. The number of phenolic OH excluding ortho intramolecular Hbond substituents is 1. The van der Waals surface area contributed by atoms with Crippen molar-refractivity contribution >= 4 is 45.0 Å². The molecule has 57 heavy (non-hydrogen) atoms. The predicted molar refractivity (Wildman–Crippen MR) is 202 cm³/mol. The van der Waals surface area contributed by atoms with Gasteiger partial charge in [-0.3, -0.25) is 9.69 Å². The molecule has 1 unspecified atom stereocenters. The smallest absolute Gasteiger partial charge is 0.430 e. The van der Waals surface area contributed by atoms with Crippen LogP contribution in [0.25, 0.3) is 0 Å². The Hall–Kier alpha value is -5.37. The summed E-state index contributed by atoms with van der Waals surface area (Å²) >= 11 is 1.11. The summed E-state index contributed by atoms with van der Waals surface area (Å²) in [5.74, 6) is -2.11. The van der Waals surface area contributed by atoms with E-state index in [2.05, 4.69) is 12.4 Å². The highest BCUT2D eigenvalue weighted by Crippen LogP contribution is 2.31. The zero-order valence-electron chi connectivity index (χ0n) is 31.4. The summed E-state index contributed by atoms with van der Waals surface area (Å²) < 4.78 is 73.8. The van der Waals surface area contributed by atoms with Gasteiger partial charge >= 0.3 is 22.3 Å². The Balaban J connectivity index is 0.000000940. The summed E-state index contributed by atoms with van der Waals surface area (Å²) in [4.78, 5) is 39.0. The van der Waals surface area contributed by atoms with E-state index >= 15 is 0 Å². The van der Waals surface area contributed by atoms with Crippen LogP contribution < -0.4 is 29.8 Å². The van der Waals surface area contributed by atoms with Gasteiger partial charge in [-0.1, -0.05) is 12.1 Å². The molecule has 0 aliphatic carbocycles. The molecule has 1 aliphatic rings. The molecule has 0 saturated carbocycles. The lowest BCUT2D eigenvalue weighted by Crippen LogP contribution is -2.62. The zero-order valence-corrected chi connectivity index (χ0v) is 33.1. The number of likely N-dealkylation sites (tertiary alicyclic amines) is 1. The number of halogens is 3. The summed E-state index contributed by atoms with van der Waals surface area (Å²) in [6.07, 6.45) is -3.67. The molecule has 1 saturated heterocycles. The molecule has 0 radical (unpaired) electrons. The summed E-state index contributed by atoms with van der Waals surface area (Å²) in [7, 11) is 1.27. The minimum Gasteiger partial charge on any atom is -0.542 e. The van der Waals surface area contributed by atoms with Crippen molar-refractivity contribution in [2.45, 2.75) is 55.2 Å². The van der Waals surface area contributed by atoms with Crippen LogP contribution in [-0.2, 0) is 32.7 Å². The molecule has 4 N–H and O–H groups in total. The second kappa shape index (κ2) is 18.7. The number of urea groups is 1. The van der Waals surface area contributed by atoms with E-state index in [9.17, 15) is 36.3 Å². The molecule has 1 fully saturated rings. The van der Waals surface area contributed by atoms with Gasteiger partial charge in [0.25, 0.3) is 0 Å². The standard InChI is InChI=1S/C36H42N4O8S2.C2HF3O2/c1-24-7-18-34(49-24)50(44,45)48-30-15-11-27(12-16-30)38-36(43)39(35(42)31(37)20-25-8-13-29(41)14-9-25)28-6-5-19-40(2,23-28)22-26-10-17-32(46-3)33(21-26)47-4;3-2(4,5)1(6)7/h7-18,21,28,31H,5-6,19-20,22-23,37H2,1-4H3,(H-,38,41,43);(H,6,7)/t28-,31-,40?;/m0./s1. The number of nitrogens with two attached hydrogens (primary N) is 1. The Labute approximate surface area is 331 Å². The maximum atomic E-state index is 14.1. The number of piperidine rings is 1. The SMILES string of the molecule is COc1ccc(C[N+]2(C)CCC[C@H](N(C(=O)Nc3ccc(OS(=O)(=O)c4ccc(C)s4)cc3)C(=O)[C@@H](N)Cc3ccc(O)cc3)C2)cc1OC.O=C([O-])C(F)(F)F. The van der Waals surface area contributed by atoms with Crippen LogP contribution in [0.2, 0.25) is 0 Å². The van der Waals surface area contributed by atoms with Gasteiger partial charge in [-0.15, -0.1) is 11.3 Å². The maximum Gasteiger partial charge on any atom is 0.430 e. The number of amides is 3. The van der Waals surface area contributed by atoms with Crippen molar-refractivity contribution in [3.63, 3.8) is 0 Å². The number of aromatic hydroxyl groups is 1. The molecule has 2 heterocycles. The third-order valence-electron chi connectivity index (χ3n) is 8.93. The number of rotatable bonds is 12. The van der Waals surface area contributed by atoms with Crippen LogP contribution in [0.3, 0.4) is 0 Å². The zero-order chi connectivity index (χ0) is 42.1. The fraction of sp³-hybridized carbons (Fsp3) is 0.342. The normalized spacial score (nSPS) is 17.3. The number of imide groups is 1. The maximum absolute atomic E-state index is 14.1. The Morgan fingerprint density at radius 3 is 2.18 bits per heavy atom. The molecule has 1 aromatic heterocycles. The van der Waals surface area contributed by atoms with Crippen LogP contribution in [0.4, 0.5) is 23.7 Å². The molecule has 19 heteroatoms. The number of methoxy groups -OCH3 is 2. The van der Waals surface area contributed by atoms with E-state index in [4.69, 9.17) is 29.3 Å². The molecule has 3 aromatic carbocycles. The number of hydrogen-bond donors (Lipinski definition) is 3. The molecule has 4 aromatic rings. The van der Waals surface area contributed by atoms with Gasteiger partial charge in [-0.05, 0) is 98.5 Å². The van der Waals surface area contributed by atoms with E-state index in [1.54, 1.807) is 39.3 Å². The summed E-state index contributed by atoms with van der Waals surface area (Å²) in [6, 6.07) is 19.2. The van der Waals surface area contributed by atoms with Crippen LogP contribution in [-0.4, -0.2) is 93.4 Å². The second-order valence-corrected chi connectivity index (χ2v) is 16.6. The molecule has 5 rings (SSSR count). The average Bonchev–Trinajstić information content (AvgIpc) is 3.60. The van der Waals surface area contributed by atoms with Crippen molar-refractivity contribution in [1.29, 1.82) is 0 Å². The molecule has 0 spiro atoms. The van der Waals surface area contributed by atoms with E-state index in [0.717, 1.165) is 40.3 Å². The molecule has 3 amide bonds. The molecular formula is C38H43F3N4O10S2. The van der Waals surface area contributed by atoms with Gasteiger partial charge < -0.3 is 44.2 Å². The number of phenols is 1. The highest BCUT2D eigenvalue weighted by Gasteiger charge is 2.41. The average molecular weight is 837 g/mol. The fourth-order valence-corrected chi connectivity index (χ4v) is 8.44. The summed E-state index contributed by atoms with van der Waals surface area (Å²) in [5, 5.41) is 21.3. The predicted octanol–water partition coefficient (Wildman–Crippen LogP) is 4.59. The molecule has 3 atom stereocenters. The first-order valence-corrected chi connectivity index (χ1v) is 19.6. The van der Waals surface area contributed by atoms with E-state index in [-0.39, 0.29) is 22.1 Å². The van der Waals surface area contributed by atoms with Crippen molar-refractivity contribution in [1.82, 2.24) is 4.90 Å². The first kappa shape index (κ1) is 44.3. The van der Waals surface area contributed by atoms with Gasteiger partial charge in [-0.2, -0.15) is 21.6 Å². The van der Waals surface area contributed by atoms with Crippen molar-refractivity contribution in [3.05, 3.63) is 94.9 Å². The number of anilines is 1. The molecule has 1 aliphatic heterocycles. The van der Waals surface area contributed by atoms with Crippen LogP contribution in [0.1, 0.15) is 28.8 Å². The highest BCUT2D eigenvalue weighted by molar-refractivity contribution is 7.89. The van der Waals surface area contributed by atoms with Crippen LogP contribution in [0, 0.1) is 6.92 Å². The van der Waals surface area contributed by atoms with Crippen LogP contribution in [0.15, 0.2) is 83.1 Å². The number of hydrogen-bond acceptors (Lipinski definition) is 12. The first-order chi connectivity index (χ1) is 26.7. The van der Waals surface area contributed by atoms with Crippen LogP contribution in [0.5, 0.6) is 23.0 Å². The number of quaternary nitrogens is 1. The lowest BCUT2D eigenvalue weighted by Gasteiger charge is -2.44. The quantitative estimate of drug-likeness (QED) is 0.133. The number of alkyl halides is 3. The molecule has 14 nitrogen and oxygen atoms in total. The number of aryl methyl sites for hydroxylation is 1. The number of benzene rings is 3. The number of carbonyl (C=O) groups excluding carboxylic acids is 3. The number of carboxylic acid groups (broad SMARTS) is 1. The number of thiophene rings is 1. The Kier molecular flexibility index (Phi) is 14.6. The molecule has 308 valence electrons. The van der Waals surface area contributed by atoms with Crippen molar-refractivity contribution in [2.75, 3.05) is 39.7 Å². The number of nitrogens with one attached hydrogen (secondary N) is 1. The second-order valence-electron chi connectivity index (χ2n) is 13.5. The number of aliphatic carboxylic acids is 1. The number of ether oxygens (including phenoxy) is 2. The molecule has 0 bridgehead atoms. The topological polar surface area (TPSA) is 198 Å². The highest BCUT2D eigenvalue weighted by atomic mass is 32.3. The third-order valence-corrected chi connectivity index (χ3v) is 11.6. The summed E-state index contributed by atoms with van der Waals surface area (Å²) in [5.41, 5.74) is 8.57. The minimum absolute atomic E-state index is 0.0772. The van der Waals surface area contributed by atoms with E-state index in [1.165, 1.54) is 47.4 Å². The lowest BCUT2D eigenvalue weighted by molar-refractivity contribution is -0.928. The van der Waals surface area contributed by atoms with Crippen molar-refractivity contribution in [3.8, 4) is 23.0 Å². The lowest BCUT2D eigenvalue weighted by atomic mass is 9.98. The number of carboxylic acids is 1. The number of likely N-dealkylation sites (N-methyl/N-ethyl adjacent to an activating group) is 1. The van der Waals surface area contributed by atoms with Gasteiger partial charge in [0.15, 0.2) is 15.7 Å². The Morgan fingerprint density at radius 1 is 1.00 bits per heavy atom. The van der Waals surface area contributed by atoms with Gasteiger partial charge in [0.1, 0.15) is 30.6 Å². The first-order valence-electron chi connectivity index (χ1n) is 17.3. The Bertz CT molecular complexity index is 2130. The monoisotopic (exact) mass is 836 g/mol. The van der Waals surface area contributed by atoms with Gasteiger partial charge in [0.05, 0.1) is 39.9 Å². The largest absolute Gasteiger partial charge is 0.542 e. The van der Waals surface area contributed by atoms with Crippen molar-refractivity contribution in [2.24, 2.45) is 5.73 Å². The van der Waals surface area contributed by atoms with Gasteiger partial charge in [0.2, 0.25) is 5.91 Å².